The molecule has 1 aromatic rings. The minimum atomic E-state index is -1.10. The van der Waals surface area contributed by atoms with E-state index in [0.29, 0.717) is 6.42 Å². The standard InChI is InChI=1S/C12H14O3S/c1-9(13)16-8-11(12(14)15)7-10-5-3-2-4-6-10/h2-6,11H,7-8H2,1H3,(H,14,15)/p-1/t11-/m0/s1. The summed E-state index contributed by atoms with van der Waals surface area (Å²) in [4.78, 5) is 21.7. The molecular weight excluding hydrogens is 224 g/mol. The van der Waals surface area contributed by atoms with Crippen molar-refractivity contribution in [3.63, 3.8) is 0 Å². The number of benzene rings is 1. The van der Waals surface area contributed by atoms with Crippen LogP contribution in [0.2, 0.25) is 0 Å². The predicted octanol–water partition coefficient (Wildman–Crippen LogP) is 0.875. The van der Waals surface area contributed by atoms with Crippen molar-refractivity contribution in [2.45, 2.75) is 13.3 Å². The highest BCUT2D eigenvalue weighted by atomic mass is 32.2. The van der Waals surface area contributed by atoms with Crippen molar-refractivity contribution in [1.29, 1.82) is 0 Å². The summed E-state index contributed by atoms with van der Waals surface area (Å²) in [5, 5.41) is 10.8. The van der Waals surface area contributed by atoms with Gasteiger partial charge < -0.3 is 9.90 Å². The van der Waals surface area contributed by atoms with Gasteiger partial charge in [-0.15, -0.1) is 0 Å². The summed E-state index contributed by atoms with van der Waals surface area (Å²) >= 11 is 1.03. The molecule has 1 atom stereocenters. The highest BCUT2D eigenvalue weighted by Gasteiger charge is 2.12. The minimum Gasteiger partial charge on any atom is -0.550 e. The van der Waals surface area contributed by atoms with Crippen molar-refractivity contribution in [2.24, 2.45) is 5.92 Å². The molecule has 0 aromatic heterocycles. The Morgan fingerprint density at radius 2 is 1.94 bits per heavy atom. The van der Waals surface area contributed by atoms with Crippen LogP contribution in [-0.2, 0) is 16.0 Å². The molecule has 0 amide bonds. The van der Waals surface area contributed by atoms with Crippen molar-refractivity contribution < 1.29 is 14.7 Å². The lowest BCUT2D eigenvalue weighted by Crippen LogP contribution is -2.34. The van der Waals surface area contributed by atoms with Gasteiger partial charge in [0.05, 0.1) is 0 Å². The summed E-state index contributed by atoms with van der Waals surface area (Å²) in [6.45, 7) is 1.43. The van der Waals surface area contributed by atoms with Crippen LogP contribution in [-0.4, -0.2) is 16.8 Å². The number of rotatable bonds is 5. The first-order valence-corrected chi connectivity index (χ1v) is 5.96. The topological polar surface area (TPSA) is 57.2 Å². The van der Waals surface area contributed by atoms with Crippen molar-refractivity contribution >= 4 is 22.8 Å². The van der Waals surface area contributed by atoms with Crippen molar-refractivity contribution in [1.82, 2.24) is 0 Å². The van der Waals surface area contributed by atoms with Crippen LogP contribution in [0.25, 0.3) is 0 Å². The summed E-state index contributed by atoms with van der Waals surface area (Å²) in [7, 11) is 0. The van der Waals surface area contributed by atoms with Gasteiger partial charge in [0, 0.05) is 24.6 Å². The molecule has 1 aromatic carbocycles. The van der Waals surface area contributed by atoms with Gasteiger partial charge in [0.15, 0.2) is 5.12 Å². The van der Waals surface area contributed by atoms with Gasteiger partial charge in [-0.1, -0.05) is 42.1 Å². The van der Waals surface area contributed by atoms with E-state index in [0.717, 1.165) is 17.3 Å². The second-order valence-electron chi connectivity index (χ2n) is 3.51. The first-order valence-electron chi connectivity index (χ1n) is 4.97. The number of aliphatic carboxylic acids is 1. The lowest BCUT2D eigenvalue weighted by Gasteiger charge is -2.16. The van der Waals surface area contributed by atoms with Crippen LogP contribution in [0, 0.1) is 5.92 Å². The van der Waals surface area contributed by atoms with Gasteiger partial charge in [0.25, 0.3) is 0 Å². The maximum atomic E-state index is 10.9. The first kappa shape index (κ1) is 12.8. The molecule has 1 rings (SSSR count). The van der Waals surface area contributed by atoms with E-state index in [1.165, 1.54) is 6.92 Å². The Kier molecular flexibility index (Phi) is 5.05. The molecule has 4 heteroatoms. The second-order valence-corrected chi connectivity index (χ2v) is 4.71. The number of carboxylic acid groups (broad SMARTS) is 1. The van der Waals surface area contributed by atoms with Crippen LogP contribution in [0.15, 0.2) is 30.3 Å². The fraction of sp³-hybridized carbons (Fsp3) is 0.333. The molecule has 0 unspecified atom stereocenters. The fourth-order valence-electron chi connectivity index (χ4n) is 1.33. The molecule has 0 spiro atoms. The number of carbonyl (C=O) groups excluding carboxylic acids is 2. The van der Waals surface area contributed by atoms with Gasteiger partial charge in [0.1, 0.15) is 0 Å². The zero-order valence-electron chi connectivity index (χ0n) is 9.01. The normalized spacial score (nSPS) is 12.1. The minimum absolute atomic E-state index is 0.0701. The SMILES string of the molecule is CC(=O)SC[C@H](Cc1ccccc1)C(=O)[O-]. The average Bonchev–Trinajstić information content (AvgIpc) is 2.25. The van der Waals surface area contributed by atoms with Gasteiger partial charge in [-0.05, 0) is 12.0 Å². The molecule has 16 heavy (non-hydrogen) atoms. The summed E-state index contributed by atoms with van der Waals surface area (Å²) in [6.07, 6.45) is 0.406. The molecule has 3 nitrogen and oxygen atoms in total. The van der Waals surface area contributed by atoms with E-state index in [9.17, 15) is 14.7 Å². The Bertz CT molecular complexity index is 362. The van der Waals surface area contributed by atoms with Crippen LogP contribution in [0.1, 0.15) is 12.5 Å². The van der Waals surface area contributed by atoms with E-state index in [1.807, 2.05) is 30.3 Å². The molecule has 0 aliphatic carbocycles. The smallest absolute Gasteiger partial charge is 0.185 e. The molecule has 86 valence electrons. The highest BCUT2D eigenvalue weighted by molar-refractivity contribution is 8.13. The molecule has 0 saturated heterocycles. The number of carboxylic acids is 1. The molecule has 0 heterocycles. The summed E-state index contributed by atoms with van der Waals surface area (Å²) in [5.41, 5.74) is 0.945. The van der Waals surface area contributed by atoms with Crippen LogP contribution in [0.4, 0.5) is 0 Å². The van der Waals surface area contributed by atoms with Crippen LogP contribution in [0.5, 0.6) is 0 Å². The van der Waals surface area contributed by atoms with E-state index < -0.39 is 11.9 Å². The predicted molar refractivity (Wildman–Crippen MR) is 61.8 cm³/mol. The average molecular weight is 237 g/mol. The van der Waals surface area contributed by atoms with Crippen LogP contribution < -0.4 is 5.11 Å². The molecule has 0 bridgehead atoms. The molecular formula is C12H13O3S-. The summed E-state index contributed by atoms with van der Waals surface area (Å²) in [5.74, 6) is -1.44. The van der Waals surface area contributed by atoms with Crippen LogP contribution >= 0.6 is 11.8 Å². The summed E-state index contributed by atoms with van der Waals surface area (Å²) in [6, 6.07) is 9.34. The third-order valence-electron chi connectivity index (χ3n) is 2.15. The second kappa shape index (κ2) is 6.33. The quantitative estimate of drug-likeness (QED) is 0.762. The van der Waals surface area contributed by atoms with Gasteiger partial charge in [-0.3, -0.25) is 4.79 Å². The lowest BCUT2D eigenvalue weighted by molar-refractivity contribution is -0.310. The fourth-order valence-corrected chi connectivity index (χ4v) is 2.02. The van der Waals surface area contributed by atoms with Gasteiger partial charge >= 0.3 is 0 Å². The summed E-state index contributed by atoms with van der Waals surface area (Å²) < 4.78 is 0. The van der Waals surface area contributed by atoms with Gasteiger partial charge in [-0.2, -0.15) is 0 Å². The Hall–Kier alpha value is -1.29. The van der Waals surface area contributed by atoms with E-state index in [-0.39, 0.29) is 10.9 Å². The molecule has 0 fully saturated rings. The van der Waals surface area contributed by atoms with Crippen molar-refractivity contribution in [2.75, 3.05) is 5.75 Å². The number of carbonyl (C=O) groups is 2. The first-order chi connectivity index (χ1) is 7.59. The third kappa shape index (κ3) is 4.49. The van der Waals surface area contributed by atoms with Crippen molar-refractivity contribution in [3.05, 3.63) is 35.9 Å². The number of hydrogen-bond acceptors (Lipinski definition) is 4. The van der Waals surface area contributed by atoms with Crippen LogP contribution in [0.3, 0.4) is 0 Å². The molecule has 0 aliphatic heterocycles. The molecule has 0 N–H and O–H groups in total. The third-order valence-corrected chi connectivity index (χ3v) is 3.12. The lowest BCUT2D eigenvalue weighted by atomic mass is 10.0. The zero-order valence-corrected chi connectivity index (χ0v) is 9.83. The highest BCUT2D eigenvalue weighted by Crippen LogP contribution is 2.14. The van der Waals surface area contributed by atoms with Crippen molar-refractivity contribution in [3.8, 4) is 0 Å². The van der Waals surface area contributed by atoms with Gasteiger partial charge in [0.2, 0.25) is 0 Å². The Morgan fingerprint density at radius 1 is 1.31 bits per heavy atom. The molecule has 0 radical (unpaired) electrons. The zero-order chi connectivity index (χ0) is 12.0. The van der Waals surface area contributed by atoms with Gasteiger partial charge in [-0.25, -0.2) is 0 Å². The van der Waals surface area contributed by atoms with E-state index in [2.05, 4.69) is 0 Å². The van der Waals surface area contributed by atoms with E-state index >= 15 is 0 Å². The maximum absolute atomic E-state index is 10.9. The monoisotopic (exact) mass is 237 g/mol. The van der Waals surface area contributed by atoms with E-state index in [4.69, 9.17) is 0 Å². The number of hydrogen-bond donors (Lipinski definition) is 0. The van der Waals surface area contributed by atoms with E-state index in [1.54, 1.807) is 0 Å². The molecule has 0 aliphatic rings. The Morgan fingerprint density at radius 3 is 2.44 bits per heavy atom. The number of thioether (sulfide) groups is 1. The Labute approximate surface area is 98.9 Å². The maximum Gasteiger partial charge on any atom is 0.185 e. The molecule has 0 saturated carbocycles. The Balaban J connectivity index is 2.58. The largest absolute Gasteiger partial charge is 0.550 e.